The molecule has 0 unspecified atom stereocenters. The lowest BCUT2D eigenvalue weighted by molar-refractivity contribution is -0.435. The van der Waals surface area contributed by atoms with Gasteiger partial charge < -0.3 is 5.21 Å². The number of azo groups is 1. The molecule has 0 bridgehead atoms. The van der Waals surface area contributed by atoms with E-state index < -0.39 is 0 Å². The van der Waals surface area contributed by atoms with Crippen molar-refractivity contribution in [2.45, 2.75) is 0 Å². The van der Waals surface area contributed by atoms with Crippen molar-refractivity contribution in [1.29, 1.82) is 0 Å². The van der Waals surface area contributed by atoms with Gasteiger partial charge in [-0.15, -0.1) is 0 Å². The van der Waals surface area contributed by atoms with Crippen LogP contribution in [0.3, 0.4) is 0 Å². The Kier molecular flexibility index (Phi) is 3.51. The molecule has 0 atom stereocenters. The second-order valence-corrected chi connectivity index (χ2v) is 3.64. The molecule has 0 aromatic heterocycles. The summed E-state index contributed by atoms with van der Waals surface area (Å²) in [6, 6.07) is 12.7. The zero-order valence-electron chi connectivity index (χ0n) is 9.82. The molecular formula is C14H8N4O. The number of benzene rings is 2. The second-order valence-electron chi connectivity index (χ2n) is 3.64. The van der Waals surface area contributed by atoms with Gasteiger partial charge in [-0.3, -0.25) is 0 Å². The monoisotopic (exact) mass is 248 g/mol. The molecule has 0 saturated heterocycles. The Labute approximate surface area is 110 Å². The smallest absolute Gasteiger partial charge is 0.234 e. The lowest BCUT2D eigenvalue weighted by Crippen LogP contribution is -1.89. The van der Waals surface area contributed by atoms with Crippen LogP contribution < -0.4 is 0 Å². The summed E-state index contributed by atoms with van der Waals surface area (Å²) in [4.78, 5) is 6.96. The van der Waals surface area contributed by atoms with E-state index in [1.54, 1.807) is 36.4 Å². The average molecular weight is 248 g/mol. The predicted molar refractivity (Wildman–Crippen MR) is 70.8 cm³/mol. The summed E-state index contributed by atoms with van der Waals surface area (Å²) in [5.74, 6) is 0. The summed E-state index contributed by atoms with van der Waals surface area (Å²) in [7, 11) is 0. The molecule has 5 heteroatoms. The van der Waals surface area contributed by atoms with E-state index in [4.69, 9.17) is 13.1 Å². The Balaban J connectivity index is 2.37. The Morgan fingerprint density at radius 3 is 2.26 bits per heavy atom. The molecular weight excluding hydrogens is 240 g/mol. The third kappa shape index (κ3) is 2.93. The van der Waals surface area contributed by atoms with Gasteiger partial charge in [0.2, 0.25) is 5.69 Å². The van der Waals surface area contributed by atoms with Crippen LogP contribution in [-0.2, 0) is 0 Å². The molecule has 19 heavy (non-hydrogen) atoms. The Hall–Kier alpha value is -3.18. The fourth-order valence-electron chi connectivity index (χ4n) is 1.47. The maximum Gasteiger partial charge on any atom is 0.234 e. The Morgan fingerprint density at radius 2 is 1.58 bits per heavy atom. The molecule has 0 saturated carbocycles. The molecule has 2 aromatic rings. The summed E-state index contributed by atoms with van der Waals surface area (Å²) in [6.45, 7) is 13.8. The van der Waals surface area contributed by atoms with Crippen LogP contribution >= 0.6 is 0 Å². The van der Waals surface area contributed by atoms with Crippen molar-refractivity contribution in [2.24, 2.45) is 5.11 Å². The SMILES string of the molecule is [C-]#[N+]c1cccc(N=[N+]([O-])c2cccc([N+]#[C-])c2)c1. The van der Waals surface area contributed by atoms with Crippen LogP contribution in [0.2, 0.25) is 0 Å². The van der Waals surface area contributed by atoms with Crippen LogP contribution in [0.1, 0.15) is 0 Å². The van der Waals surface area contributed by atoms with Gasteiger partial charge in [0, 0.05) is 17.2 Å². The molecule has 0 aliphatic rings. The van der Waals surface area contributed by atoms with E-state index in [1.807, 2.05) is 0 Å². The van der Waals surface area contributed by atoms with Gasteiger partial charge in [0.1, 0.15) is 5.69 Å². The minimum absolute atomic E-state index is 0.279. The number of rotatable bonds is 2. The van der Waals surface area contributed by atoms with Crippen LogP contribution in [0.25, 0.3) is 9.69 Å². The molecule has 2 aromatic carbocycles. The first kappa shape index (κ1) is 12.3. The van der Waals surface area contributed by atoms with Gasteiger partial charge in [0.15, 0.2) is 11.4 Å². The summed E-state index contributed by atoms with van der Waals surface area (Å²) >= 11 is 0. The predicted octanol–water partition coefficient (Wildman–Crippen LogP) is 4.71. The van der Waals surface area contributed by atoms with Crippen molar-refractivity contribution in [1.82, 2.24) is 0 Å². The lowest BCUT2D eigenvalue weighted by atomic mass is 10.3. The molecule has 0 radical (unpaired) electrons. The van der Waals surface area contributed by atoms with Gasteiger partial charge in [-0.25, -0.2) is 9.69 Å². The van der Waals surface area contributed by atoms with Gasteiger partial charge in [-0.2, -0.15) is 0 Å². The fourth-order valence-corrected chi connectivity index (χ4v) is 1.47. The highest BCUT2D eigenvalue weighted by molar-refractivity contribution is 5.54. The minimum Gasteiger partial charge on any atom is -0.594 e. The highest BCUT2D eigenvalue weighted by Gasteiger charge is 2.05. The molecule has 5 nitrogen and oxygen atoms in total. The summed E-state index contributed by atoms with van der Waals surface area (Å²) in [5.41, 5.74) is 1.48. The van der Waals surface area contributed by atoms with Crippen molar-refractivity contribution >= 4 is 22.7 Å². The van der Waals surface area contributed by atoms with E-state index in [0.717, 1.165) is 0 Å². The third-order valence-electron chi connectivity index (χ3n) is 2.34. The summed E-state index contributed by atoms with van der Waals surface area (Å²) in [6.07, 6.45) is 0. The molecule has 0 aliphatic carbocycles. The largest absolute Gasteiger partial charge is 0.594 e. The number of nitrogens with zero attached hydrogens (tertiary/aromatic N) is 4. The van der Waals surface area contributed by atoms with Crippen molar-refractivity contribution in [2.75, 3.05) is 0 Å². The summed E-state index contributed by atoms with van der Waals surface area (Å²) < 4.78 is 0. The maximum atomic E-state index is 11.9. The van der Waals surface area contributed by atoms with Crippen molar-refractivity contribution in [3.05, 3.63) is 76.6 Å². The van der Waals surface area contributed by atoms with Crippen molar-refractivity contribution in [3.8, 4) is 0 Å². The van der Waals surface area contributed by atoms with E-state index in [2.05, 4.69) is 14.8 Å². The molecule has 0 fully saturated rings. The quantitative estimate of drug-likeness (QED) is 0.328. The first-order chi connectivity index (χ1) is 9.22. The van der Waals surface area contributed by atoms with Gasteiger partial charge in [-0.05, 0) is 12.1 Å². The van der Waals surface area contributed by atoms with E-state index >= 15 is 0 Å². The Morgan fingerprint density at radius 1 is 0.947 bits per heavy atom. The van der Waals surface area contributed by atoms with Crippen LogP contribution in [0.4, 0.5) is 22.7 Å². The molecule has 2 rings (SSSR count). The first-order valence-electron chi connectivity index (χ1n) is 5.37. The highest BCUT2D eigenvalue weighted by atomic mass is 16.5. The van der Waals surface area contributed by atoms with Crippen LogP contribution in [0, 0.1) is 18.4 Å². The van der Waals surface area contributed by atoms with E-state index in [0.29, 0.717) is 21.9 Å². The topological polar surface area (TPSA) is 47.1 Å². The van der Waals surface area contributed by atoms with Crippen LogP contribution in [0.5, 0.6) is 0 Å². The van der Waals surface area contributed by atoms with Crippen LogP contribution in [-0.4, -0.2) is 4.86 Å². The summed E-state index contributed by atoms with van der Waals surface area (Å²) in [5, 5.41) is 15.7. The standard InChI is InChI=1S/C14H8N4O/c1-15-11-5-3-7-13(9-11)17-18(19)14-8-4-6-12(10-14)16-2/h3-10H. The molecule has 0 heterocycles. The zero-order valence-corrected chi connectivity index (χ0v) is 9.82. The molecule has 0 aliphatic heterocycles. The van der Waals surface area contributed by atoms with Gasteiger partial charge >= 0.3 is 0 Å². The Bertz CT molecular complexity index is 723. The zero-order chi connectivity index (χ0) is 13.7. The second kappa shape index (κ2) is 5.44. The van der Waals surface area contributed by atoms with Crippen molar-refractivity contribution in [3.63, 3.8) is 0 Å². The lowest BCUT2D eigenvalue weighted by Gasteiger charge is -2.00. The van der Waals surface area contributed by atoms with E-state index in [9.17, 15) is 5.21 Å². The van der Waals surface area contributed by atoms with Gasteiger partial charge in [0.05, 0.1) is 13.1 Å². The third-order valence-corrected chi connectivity index (χ3v) is 2.34. The van der Waals surface area contributed by atoms with E-state index in [1.165, 1.54) is 12.1 Å². The van der Waals surface area contributed by atoms with Gasteiger partial charge in [0.25, 0.3) is 0 Å². The number of hydrogen-bond donors (Lipinski definition) is 0. The highest BCUT2D eigenvalue weighted by Crippen LogP contribution is 2.24. The normalized spacial score (nSPS) is 10.5. The van der Waals surface area contributed by atoms with Crippen molar-refractivity contribution < 1.29 is 4.86 Å². The molecule has 0 spiro atoms. The van der Waals surface area contributed by atoms with Gasteiger partial charge in [-0.1, -0.05) is 29.1 Å². The minimum atomic E-state index is 0.279. The maximum absolute atomic E-state index is 11.9. The molecule has 90 valence electrons. The average Bonchev–Trinajstić information content (AvgIpc) is 2.47. The molecule has 0 N–H and O–H groups in total. The number of hydrogen-bond acceptors (Lipinski definition) is 2. The fraction of sp³-hybridized carbons (Fsp3) is 0. The van der Waals surface area contributed by atoms with Crippen LogP contribution in [0.15, 0.2) is 53.6 Å². The molecule has 0 amide bonds. The first-order valence-corrected chi connectivity index (χ1v) is 5.37. The van der Waals surface area contributed by atoms with E-state index in [-0.39, 0.29) is 5.69 Å².